The summed E-state index contributed by atoms with van der Waals surface area (Å²) in [7, 11) is 0. The van der Waals surface area contributed by atoms with Crippen LogP contribution in [0.4, 0.5) is 0 Å². The van der Waals surface area contributed by atoms with Crippen LogP contribution < -0.4 is 9.20 Å². The molecule has 0 saturated heterocycles. The number of benzene rings is 2. The average Bonchev–Trinajstić information content (AvgIpc) is 2.66. The van der Waals surface area contributed by atoms with Gasteiger partial charge in [-0.2, -0.15) is 0 Å². The second kappa shape index (κ2) is 7.27. The van der Waals surface area contributed by atoms with Crippen LogP contribution in [0.2, 0.25) is 0 Å². The molecule has 0 amide bonds. The van der Waals surface area contributed by atoms with Gasteiger partial charge < -0.3 is 0 Å². The minimum absolute atomic E-state index is 0.383. The van der Waals surface area contributed by atoms with Crippen LogP contribution in [0.15, 0.2) is 42.5 Å². The Labute approximate surface area is 176 Å². The fraction of sp³-hybridized carbons (Fsp3) is 0.500. The van der Waals surface area contributed by atoms with Crippen LogP contribution >= 0.6 is 0 Å². The summed E-state index contributed by atoms with van der Waals surface area (Å²) in [5.41, 5.74) is 4.55. The van der Waals surface area contributed by atoms with Crippen molar-refractivity contribution in [1.82, 2.24) is 0 Å². The van der Waals surface area contributed by atoms with Crippen LogP contribution in [0.25, 0.3) is 0 Å². The van der Waals surface area contributed by atoms with E-state index in [1.54, 1.807) is 0 Å². The van der Waals surface area contributed by atoms with E-state index in [1.807, 2.05) is 0 Å². The standard InChI is InChI=1S/C24H27OSe2/c1-16-7-22(25-15-17-5-3-2-4-6-17)21(11-23(16)27-26)24-12-18-8-19(13-24)10-20(9-18)14-24/h2-7,11,18-20H,8-10,12-15H2,1H3. The minimum atomic E-state index is 0.383. The van der Waals surface area contributed by atoms with Crippen LogP contribution in [0.5, 0.6) is 5.75 Å². The van der Waals surface area contributed by atoms with Gasteiger partial charge in [-0.1, -0.05) is 0 Å². The molecule has 0 heterocycles. The Morgan fingerprint density at radius 2 is 1.63 bits per heavy atom. The predicted molar refractivity (Wildman–Crippen MR) is 113 cm³/mol. The van der Waals surface area contributed by atoms with Crippen LogP contribution in [0, 0.1) is 24.7 Å². The van der Waals surface area contributed by atoms with Gasteiger partial charge in [-0.05, 0) is 0 Å². The van der Waals surface area contributed by atoms with Gasteiger partial charge in [0.25, 0.3) is 0 Å². The van der Waals surface area contributed by atoms with E-state index in [0.29, 0.717) is 25.2 Å². The Morgan fingerprint density at radius 1 is 1.00 bits per heavy atom. The maximum absolute atomic E-state index is 6.49. The van der Waals surface area contributed by atoms with E-state index in [9.17, 15) is 0 Å². The first kappa shape index (κ1) is 18.3. The van der Waals surface area contributed by atoms with Crippen LogP contribution in [0.3, 0.4) is 0 Å². The molecule has 0 aliphatic heterocycles. The third-order valence-electron chi connectivity index (χ3n) is 7.21. The molecule has 0 aromatic heterocycles. The molecular formula is C24H27OSe2. The Bertz CT molecular complexity index is 794. The Kier molecular flexibility index (Phi) is 4.93. The molecule has 1 radical (unpaired) electrons. The molecule has 4 aliphatic rings. The summed E-state index contributed by atoms with van der Waals surface area (Å²) < 4.78 is 8.00. The second-order valence-electron chi connectivity index (χ2n) is 9.17. The maximum atomic E-state index is 6.49. The van der Waals surface area contributed by atoms with Crippen molar-refractivity contribution >= 4 is 31.8 Å². The molecule has 6 rings (SSSR count). The summed E-state index contributed by atoms with van der Waals surface area (Å²) in [5.74, 6) is 4.04. The van der Waals surface area contributed by atoms with Crippen LogP contribution in [-0.4, -0.2) is 27.3 Å². The summed E-state index contributed by atoms with van der Waals surface area (Å²) in [6.07, 6.45) is 8.65. The summed E-state index contributed by atoms with van der Waals surface area (Å²) in [4.78, 5) is 0. The van der Waals surface area contributed by atoms with Gasteiger partial charge >= 0.3 is 177 Å². The number of hydrogen-bond donors (Lipinski definition) is 0. The molecule has 27 heavy (non-hydrogen) atoms. The Balaban J connectivity index is 1.52. The molecule has 4 saturated carbocycles. The number of hydrogen-bond acceptors (Lipinski definition) is 1. The number of ether oxygens (including phenoxy) is 1. The van der Waals surface area contributed by atoms with Gasteiger partial charge in [-0.15, -0.1) is 0 Å². The summed E-state index contributed by atoms with van der Waals surface area (Å²) >= 11 is 3.72. The molecule has 0 atom stereocenters. The van der Waals surface area contributed by atoms with E-state index in [1.165, 1.54) is 59.7 Å². The van der Waals surface area contributed by atoms with Crippen LogP contribution in [0.1, 0.15) is 55.2 Å². The Morgan fingerprint density at radius 3 is 2.22 bits per heavy atom. The fourth-order valence-electron chi connectivity index (χ4n) is 6.46. The van der Waals surface area contributed by atoms with E-state index in [-0.39, 0.29) is 0 Å². The summed E-state index contributed by atoms with van der Waals surface area (Å²) in [5, 5.41) is 0. The van der Waals surface area contributed by atoms with Gasteiger partial charge in [0, 0.05) is 0 Å². The van der Waals surface area contributed by atoms with Crippen molar-refractivity contribution in [3.8, 4) is 5.75 Å². The third kappa shape index (κ3) is 3.42. The topological polar surface area (TPSA) is 9.23 Å². The van der Waals surface area contributed by atoms with Crippen molar-refractivity contribution in [1.29, 1.82) is 0 Å². The fourth-order valence-corrected chi connectivity index (χ4v) is 9.17. The predicted octanol–water partition coefficient (Wildman–Crippen LogP) is 4.45. The molecule has 2 aromatic carbocycles. The van der Waals surface area contributed by atoms with Crippen molar-refractivity contribution in [3.63, 3.8) is 0 Å². The van der Waals surface area contributed by atoms with Gasteiger partial charge in [-0.3, -0.25) is 0 Å². The van der Waals surface area contributed by atoms with E-state index in [4.69, 9.17) is 4.74 Å². The average molecular weight is 489 g/mol. The first-order valence-electron chi connectivity index (χ1n) is 10.3. The third-order valence-corrected chi connectivity index (χ3v) is 10.5. The van der Waals surface area contributed by atoms with Gasteiger partial charge in [0.2, 0.25) is 0 Å². The van der Waals surface area contributed by atoms with Gasteiger partial charge in [0.1, 0.15) is 0 Å². The SMILES string of the molecule is Cc1cc(OCc2ccccc2)c(C23CC4CC(CC(C4)C2)C3)cc1[Se][Se]. The van der Waals surface area contributed by atoms with E-state index < -0.39 is 0 Å². The summed E-state index contributed by atoms with van der Waals surface area (Å²) in [6, 6.07) is 15.5. The Hall–Kier alpha value is -0.721. The zero-order valence-corrected chi connectivity index (χ0v) is 19.4. The zero-order valence-electron chi connectivity index (χ0n) is 15.9. The molecule has 4 bridgehead atoms. The molecule has 4 aliphatic carbocycles. The van der Waals surface area contributed by atoms with Crippen molar-refractivity contribution in [3.05, 3.63) is 59.2 Å². The molecule has 0 spiro atoms. The van der Waals surface area contributed by atoms with E-state index in [2.05, 4.69) is 63.6 Å². The summed E-state index contributed by atoms with van der Waals surface area (Å²) in [6.45, 7) is 2.91. The zero-order chi connectivity index (χ0) is 18.4. The van der Waals surface area contributed by atoms with Gasteiger partial charge in [0.05, 0.1) is 0 Å². The molecule has 3 heteroatoms. The molecule has 2 aromatic rings. The number of aryl methyl sites for hydroxylation is 1. The molecule has 141 valence electrons. The van der Waals surface area contributed by atoms with E-state index >= 15 is 0 Å². The first-order valence-corrected chi connectivity index (χ1v) is 15.5. The molecular weight excluding hydrogens is 462 g/mol. The van der Waals surface area contributed by atoms with Crippen molar-refractivity contribution in [2.45, 2.75) is 57.5 Å². The van der Waals surface area contributed by atoms with Gasteiger partial charge in [0.15, 0.2) is 0 Å². The number of rotatable bonds is 5. The van der Waals surface area contributed by atoms with Crippen molar-refractivity contribution in [2.75, 3.05) is 0 Å². The van der Waals surface area contributed by atoms with Crippen LogP contribution in [-0.2, 0) is 12.0 Å². The molecule has 1 nitrogen and oxygen atoms in total. The molecule has 0 N–H and O–H groups in total. The molecule has 4 fully saturated rings. The van der Waals surface area contributed by atoms with E-state index in [0.717, 1.165) is 23.5 Å². The van der Waals surface area contributed by atoms with Gasteiger partial charge in [-0.25, -0.2) is 0 Å². The molecule has 0 unspecified atom stereocenters. The first-order chi connectivity index (χ1) is 13.1. The van der Waals surface area contributed by atoms with Crippen molar-refractivity contribution in [2.24, 2.45) is 17.8 Å². The quantitative estimate of drug-likeness (QED) is 0.564. The second-order valence-corrected chi connectivity index (χ2v) is 12.3. The normalized spacial score (nSPS) is 31.3. The van der Waals surface area contributed by atoms with Crippen molar-refractivity contribution < 1.29 is 4.74 Å². The monoisotopic (exact) mass is 491 g/mol.